The second-order valence-corrected chi connectivity index (χ2v) is 8.60. The number of amides is 2. The molecule has 2 aliphatic rings. The van der Waals surface area contributed by atoms with Crippen molar-refractivity contribution < 1.29 is 9.59 Å². The standard InChI is InChI=1S/C26H31N3O2/c1-28(23-14-12-21(13-15-23)20-8-4-2-5-9-20)25(30)16-17-26(31)29-19-18-24(27-29)22-10-6-3-7-11-22/h2-11,21,23H,12-19H2,1H3. The molecule has 31 heavy (non-hydrogen) atoms. The Balaban J connectivity index is 1.23. The molecule has 2 aromatic carbocycles. The lowest BCUT2D eigenvalue weighted by molar-refractivity contribution is -0.137. The number of hydrogen-bond donors (Lipinski definition) is 0. The average Bonchev–Trinajstić information content (AvgIpc) is 3.34. The topological polar surface area (TPSA) is 53.0 Å². The number of rotatable bonds is 6. The van der Waals surface area contributed by atoms with E-state index in [2.05, 4.69) is 35.4 Å². The second kappa shape index (κ2) is 9.90. The van der Waals surface area contributed by atoms with Crippen molar-refractivity contribution in [1.29, 1.82) is 0 Å². The minimum atomic E-state index is -0.0690. The molecule has 162 valence electrons. The van der Waals surface area contributed by atoms with E-state index in [9.17, 15) is 9.59 Å². The van der Waals surface area contributed by atoms with Gasteiger partial charge >= 0.3 is 0 Å². The average molecular weight is 418 g/mol. The lowest BCUT2D eigenvalue weighted by atomic mass is 9.81. The normalized spacial score (nSPS) is 20.9. The molecular weight excluding hydrogens is 386 g/mol. The SMILES string of the molecule is CN(C(=O)CCC(=O)N1CCC(c2ccccc2)=N1)C1CCC(c2ccccc2)CC1. The van der Waals surface area contributed by atoms with Gasteiger partial charge in [-0.2, -0.15) is 5.10 Å². The maximum Gasteiger partial charge on any atom is 0.243 e. The Morgan fingerprint density at radius 1 is 0.935 bits per heavy atom. The van der Waals surface area contributed by atoms with E-state index in [1.165, 1.54) is 10.6 Å². The van der Waals surface area contributed by atoms with Gasteiger partial charge in [0, 0.05) is 32.4 Å². The summed E-state index contributed by atoms with van der Waals surface area (Å²) in [6, 6.07) is 20.9. The lowest BCUT2D eigenvalue weighted by Gasteiger charge is -2.35. The van der Waals surface area contributed by atoms with Gasteiger partial charge < -0.3 is 4.90 Å². The van der Waals surface area contributed by atoms with E-state index < -0.39 is 0 Å². The van der Waals surface area contributed by atoms with E-state index in [1.54, 1.807) is 0 Å². The molecular formula is C26H31N3O2. The molecule has 1 saturated carbocycles. The van der Waals surface area contributed by atoms with Crippen LogP contribution in [0.15, 0.2) is 65.8 Å². The van der Waals surface area contributed by atoms with Gasteiger partial charge in [-0.05, 0) is 42.7 Å². The maximum absolute atomic E-state index is 12.7. The van der Waals surface area contributed by atoms with Crippen LogP contribution >= 0.6 is 0 Å². The summed E-state index contributed by atoms with van der Waals surface area (Å²) in [5.74, 6) is 0.581. The first-order chi connectivity index (χ1) is 15.1. The quantitative estimate of drug-likeness (QED) is 0.690. The second-order valence-electron chi connectivity index (χ2n) is 8.60. The summed E-state index contributed by atoms with van der Waals surface area (Å²) in [6.45, 7) is 0.594. The van der Waals surface area contributed by atoms with Crippen molar-refractivity contribution in [3.63, 3.8) is 0 Å². The third-order valence-electron chi connectivity index (χ3n) is 6.66. The largest absolute Gasteiger partial charge is 0.343 e. The Morgan fingerprint density at radius 2 is 1.58 bits per heavy atom. The van der Waals surface area contributed by atoms with Gasteiger partial charge in [-0.3, -0.25) is 9.59 Å². The van der Waals surface area contributed by atoms with Crippen molar-refractivity contribution in [1.82, 2.24) is 9.91 Å². The Kier molecular flexibility index (Phi) is 6.80. The molecule has 4 rings (SSSR count). The van der Waals surface area contributed by atoms with E-state index in [-0.39, 0.29) is 30.7 Å². The van der Waals surface area contributed by atoms with Crippen molar-refractivity contribution in [3.05, 3.63) is 71.8 Å². The summed E-state index contributed by atoms with van der Waals surface area (Å²) < 4.78 is 0. The van der Waals surface area contributed by atoms with E-state index in [4.69, 9.17) is 0 Å². The van der Waals surface area contributed by atoms with Crippen molar-refractivity contribution in [2.24, 2.45) is 5.10 Å². The van der Waals surface area contributed by atoms with Gasteiger partial charge in [0.1, 0.15) is 0 Å². The molecule has 0 spiro atoms. The molecule has 0 saturated heterocycles. The minimum Gasteiger partial charge on any atom is -0.343 e. The fraction of sp³-hybridized carbons (Fsp3) is 0.423. The van der Waals surface area contributed by atoms with Crippen LogP contribution in [0.25, 0.3) is 0 Å². The maximum atomic E-state index is 12.7. The highest BCUT2D eigenvalue weighted by Gasteiger charge is 2.28. The van der Waals surface area contributed by atoms with E-state index in [0.717, 1.165) is 43.4 Å². The monoisotopic (exact) mass is 417 g/mol. The van der Waals surface area contributed by atoms with Crippen LogP contribution in [0.5, 0.6) is 0 Å². The van der Waals surface area contributed by atoms with Crippen LogP contribution in [0.1, 0.15) is 62.0 Å². The van der Waals surface area contributed by atoms with Crippen molar-refractivity contribution in [3.8, 4) is 0 Å². The zero-order valence-electron chi connectivity index (χ0n) is 18.2. The first-order valence-electron chi connectivity index (χ1n) is 11.4. The summed E-state index contributed by atoms with van der Waals surface area (Å²) in [5.41, 5.74) is 3.40. The smallest absolute Gasteiger partial charge is 0.243 e. The zero-order chi connectivity index (χ0) is 21.6. The van der Waals surface area contributed by atoms with E-state index >= 15 is 0 Å². The molecule has 2 aromatic rings. The van der Waals surface area contributed by atoms with Crippen molar-refractivity contribution >= 4 is 17.5 Å². The van der Waals surface area contributed by atoms with Gasteiger partial charge in [0.05, 0.1) is 12.3 Å². The van der Waals surface area contributed by atoms with E-state index in [0.29, 0.717) is 12.5 Å². The summed E-state index contributed by atoms with van der Waals surface area (Å²) in [5, 5.41) is 6.01. The number of hydrazone groups is 1. The molecule has 0 aromatic heterocycles. The predicted octanol–water partition coefficient (Wildman–Crippen LogP) is 4.59. The van der Waals surface area contributed by atoms with Crippen LogP contribution in [0.4, 0.5) is 0 Å². The first kappa shape index (κ1) is 21.3. The Bertz CT molecular complexity index is 918. The molecule has 0 radical (unpaired) electrons. The zero-order valence-corrected chi connectivity index (χ0v) is 18.2. The molecule has 1 fully saturated rings. The van der Waals surface area contributed by atoms with Crippen molar-refractivity contribution in [2.45, 2.75) is 56.9 Å². The van der Waals surface area contributed by atoms with Gasteiger partial charge in [0.2, 0.25) is 11.8 Å². The third-order valence-corrected chi connectivity index (χ3v) is 6.66. The highest BCUT2D eigenvalue weighted by Crippen LogP contribution is 2.34. The highest BCUT2D eigenvalue weighted by atomic mass is 16.2. The first-order valence-corrected chi connectivity index (χ1v) is 11.4. The fourth-order valence-electron chi connectivity index (χ4n) is 4.72. The number of nitrogens with zero attached hydrogens (tertiary/aromatic N) is 3. The summed E-state index contributed by atoms with van der Waals surface area (Å²) in [4.78, 5) is 27.2. The minimum absolute atomic E-state index is 0.0583. The molecule has 1 heterocycles. The van der Waals surface area contributed by atoms with Crippen LogP contribution in [0.2, 0.25) is 0 Å². The fourth-order valence-corrected chi connectivity index (χ4v) is 4.72. The molecule has 5 nitrogen and oxygen atoms in total. The number of carbonyl (C=O) groups excluding carboxylic acids is 2. The van der Waals surface area contributed by atoms with Gasteiger partial charge in [-0.1, -0.05) is 60.7 Å². The van der Waals surface area contributed by atoms with Crippen LogP contribution in [-0.4, -0.2) is 47.1 Å². The van der Waals surface area contributed by atoms with E-state index in [1.807, 2.05) is 42.3 Å². The molecule has 2 amide bonds. The Labute approximate surface area is 184 Å². The van der Waals surface area contributed by atoms with Gasteiger partial charge in [0.15, 0.2) is 0 Å². The number of carbonyl (C=O) groups is 2. The highest BCUT2D eigenvalue weighted by molar-refractivity contribution is 6.02. The molecule has 0 bridgehead atoms. The summed E-state index contributed by atoms with van der Waals surface area (Å²) in [6.07, 6.45) is 5.48. The predicted molar refractivity (Wildman–Crippen MR) is 123 cm³/mol. The van der Waals surface area contributed by atoms with Gasteiger partial charge in [-0.15, -0.1) is 0 Å². The molecule has 5 heteroatoms. The van der Waals surface area contributed by atoms with Gasteiger partial charge in [-0.25, -0.2) is 5.01 Å². The molecule has 1 aliphatic carbocycles. The third kappa shape index (κ3) is 5.22. The van der Waals surface area contributed by atoms with Gasteiger partial charge in [0.25, 0.3) is 0 Å². The molecule has 0 N–H and O–H groups in total. The molecule has 0 atom stereocenters. The molecule has 1 aliphatic heterocycles. The molecule has 0 unspecified atom stereocenters. The van der Waals surface area contributed by atoms with Crippen molar-refractivity contribution in [2.75, 3.05) is 13.6 Å². The number of benzene rings is 2. The van der Waals surface area contributed by atoms with Crippen LogP contribution in [0, 0.1) is 0 Å². The van der Waals surface area contributed by atoms with Crippen LogP contribution < -0.4 is 0 Å². The van der Waals surface area contributed by atoms with Crippen LogP contribution in [0.3, 0.4) is 0 Å². The van der Waals surface area contributed by atoms with Crippen LogP contribution in [-0.2, 0) is 9.59 Å². The summed E-state index contributed by atoms with van der Waals surface area (Å²) >= 11 is 0. The Morgan fingerprint density at radius 3 is 2.26 bits per heavy atom. The summed E-state index contributed by atoms with van der Waals surface area (Å²) in [7, 11) is 1.89. The Hall–Kier alpha value is -2.95. The lowest BCUT2D eigenvalue weighted by Crippen LogP contribution is -2.39. The number of hydrogen-bond acceptors (Lipinski definition) is 3.